The number of halogens is 3. The van der Waals surface area contributed by atoms with Gasteiger partial charge in [0.05, 0.1) is 24.9 Å². The Balaban J connectivity index is 1.37. The molecule has 224 valence electrons. The maximum atomic E-state index is 12.1. The van der Waals surface area contributed by atoms with Crippen LogP contribution in [-0.2, 0) is 27.4 Å². The van der Waals surface area contributed by atoms with Gasteiger partial charge in [0.1, 0.15) is 0 Å². The van der Waals surface area contributed by atoms with Crippen molar-refractivity contribution in [2.45, 2.75) is 54.9 Å². The summed E-state index contributed by atoms with van der Waals surface area (Å²) in [6.45, 7) is 4.52. The van der Waals surface area contributed by atoms with Crippen LogP contribution in [0.25, 0.3) is 11.1 Å². The first-order valence-corrected chi connectivity index (χ1v) is 15.2. The van der Waals surface area contributed by atoms with E-state index in [-0.39, 0.29) is 37.4 Å². The van der Waals surface area contributed by atoms with E-state index in [1.165, 1.54) is 0 Å². The third-order valence-electron chi connectivity index (χ3n) is 8.02. The number of nitrogens with one attached hydrogen (secondary N) is 1. The lowest BCUT2D eigenvalue weighted by atomic mass is 9.90. The summed E-state index contributed by atoms with van der Waals surface area (Å²) in [5.74, 6) is -0.620. The van der Waals surface area contributed by atoms with Crippen LogP contribution in [0.5, 0.6) is 0 Å². The number of β-amino-alcohol motifs (C(OH)–C–C–N with tert-alkyl or cyclic N) is 1. The van der Waals surface area contributed by atoms with Crippen LogP contribution in [-0.4, -0.2) is 56.7 Å². The predicted molar refractivity (Wildman–Crippen MR) is 164 cm³/mol. The van der Waals surface area contributed by atoms with Crippen molar-refractivity contribution in [1.82, 2.24) is 10.2 Å². The van der Waals surface area contributed by atoms with Gasteiger partial charge < -0.3 is 25.0 Å². The molecule has 0 unspecified atom stereocenters. The second-order valence-electron chi connectivity index (χ2n) is 11.0. The zero-order valence-corrected chi connectivity index (χ0v) is 25.5. The molecule has 2 heterocycles. The highest BCUT2D eigenvalue weighted by Crippen LogP contribution is 2.42. The quantitative estimate of drug-likeness (QED) is 0.276. The van der Waals surface area contributed by atoms with Crippen LogP contribution >= 0.6 is 34.8 Å². The predicted octanol–water partition coefficient (Wildman–Crippen LogP) is 5.69. The minimum Gasteiger partial charge on any atom is -0.392 e. The Bertz CT molecular complexity index is 1350. The van der Waals surface area contributed by atoms with E-state index in [9.17, 15) is 15.0 Å². The van der Waals surface area contributed by atoms with E-state index in [0.717, 1.165) is 46.3 Å². The number of alkyl halides is 3. The first-order valence-electron chi connectivity index (χ1n) is 14.1. The van der Waals surface area contributed by atoms with Crippen molar-refractivity contribution in [3.63, 3.8) is 0 Å². The number of ether oxygens (including phenoxy) is 2. The molecule has 3 aromatic carbocycles. The maximum absolute atomic E-state index is 12.1. The van der Waals surface area contributed by atoms with Gasteiger partial charge in [0.2, 0.25) is 0 Å². The van der Waals surface area contributed by atoms with Crippen LogP contribution in [0.1, 0.15) is 48.0 Å². The molecule has 0 spiro atoms. The molecule has 0 radical (unpaired) electrons. The molecule has 2 saturated heterocycles. The average Bonchev–Trinajstić information content (AvgIpc) is 3.41. The molecule has 0 aliphatic carbocycles. The minimum absolute atomic E-state index is 0.0121. The van der Waals surface area contributed by atoms with Gasteiger partial charge in [0.15, 0.2) is 6.29 Å². The topological polar surface area (TPSA) is 91.3 Å². The fourth-order valence-electron chi connectivity index (χ4n) is 5.61. The van der Waals surface area contributed by atoms with Crippen molar-refractivity contribution in [2.75, 3.05) is 19.6 Å². The number of carbonyl (C=O) groups excluding carboxylic acids is 1. The van der Waals surface area contributed by atoms with Gasteiger partial charge in [-0.2, -0.15) is 0 Å². The molecular formula is C32H35Cl3N2O5. The molecule has 2 aliphatic heterocycles. The molecule has 3 N–H and O–H groups in total. The third kappa shape index (κ3) is 7.47. The summed E-state index contributed by atoms with van der Waals surface area (Å²) < 4.78 is 11.1. The van der Waals surface area contributed by atoms with Crippen molar-refractivity contribution in [2.24, 2.45) is 5.92 Å². The minimum atomic E-state index is -2.03. The van der Waals surface area contributed by atoms with Gasteiger partial charge in [-0.25, -0.2) is 0 Å². The number of hydrogen-bond acceptors (Lipinski definition) is 6. The molecule has 10 heteroatoms. The van der Waals surface area contributed by atoms with Gasteiger partial charge in [-0.15, -0.1) is 0 Å². The van der Waals surface area contributed by atoms with Crippen LogP contribution < -0.4 is 5.32 Å². The molecule has 5 rings (SSSR count). The van der Waals surface area contributed by atoms with E-state index in [4.69, 9.17) is 44.3 Å². The highest BCUT2D eigenvalue weighted by molar-refractivity contribution is 6.76. The van der Waals surface area contributed by atoms with Crippen LogP contribution in [0.3, 0.4) is 0 Å². The monoisotopic (exact) mass is 632 g/mol. The van der Waals surface area contributed by atoms with Crippen molar-refractivity contribution in [3.05, 3.63) is 95.1 Å². The number of nitrogens with zero attached hydrogens (tertiary/aromatic N) is 1. The molecule has 2 aliphatic rings. The fraction of sp³-hybridized carbons (Fsp3) is 0.406. The Morgan fingerprint density at radius 1 is 1.00 bits per heavy atom. The molecule has 0 saturated carbocycles. The van der Waals surface area contributed by atoms with Crippen molar-refractivity contribution < 1.29 is 24.5 Å². The standard InChI is InChI=1S/C32H35Cl3N2O5/c1-20-28(18-37-15-14-26(39)17-37)41-30(42-29(20)23-8-6-21(19-38)7-9-23)24-12-10-22(11-13-24)27-5-3-2-4-25(27)16-36-31(40)32(33,34)35/h2-13,20,26,28-30,38-39H,14-19H2,1H3,(H,36,40)/t20-,26+,28+,29+,30+/m1/s1. The summed E-state index contributed by atoms with van der Waals surface area (Å²) in [4.78, 5) is 14.3. The smallest absolute Gasteiger partial charge is 0.272 e. The molecule has 0 aromatic heterocycles. The first-order chi connectivity index (χ1) is 20.1. The lowest BCUT2D eigenvalue weighted by Gasteiger charge is -2.42. The highest BCUT2D eigenvalue weighted by Gasteiger charge is 2.40. The SMILES string of the molecule is C[C@@H]1[C@H](CN2CC[C@H](O)C2)O[C@H](c2ccc(-c3ccccc3CNC(=O)C(Cl)(Cl)Cl)cc2)O[C@@H]1c1ccc(CO)cc1. The van der Waals surface area contributed by atoms with Crippen molar-refractivity contribution >= 4 is 40.7 Å². The van der Waals surface area contributed by atoms with E-state index in [1.54, 1.807) is 0 Å². The second-order valence-corrected chi connectivity index (χ2v) is 13.3. The fourth-order valence-corrected chi connectivity index (χ4v) is 5.81. The number of likely N-dealkylation sites (tertiary alicyclic amines) is 1. The highest BCUT2D eigenvalue weighted by atomic mass is 35.6. The van der Waals surface area contributed by atoms with Gasteiger partial charge in [-0.3, -0.25) is 9.69 Å². The summed E-state index contributed by atoms with van der Waals surface area (Å²) in [5, 5.41) is 22.2. The number of rotatable bonds is 8. The molecule has 2 fully saturated rings. The first kappa shape index (κ1) is 31.2. The molecule has 3 aromatic rings. The normalized spacial score (nSPS) is 25.0. The number of carbonyl (C=O) groups is 1. The Kier molecular flexibility index (Phi) is 10.1. The Morgan fingerprint density at radius 3 is 2.33 bits per heavy atom. The average molecular weight is 634 g/mol. The Hall–Kier alpha value is -2.20. The van der Waals surface area contributed by atoms with Crippen LogP contribution in [0, 0.1) is 5.92 Å². The summed E-state index contributed by atoms with van der Waals surface area (Å²) in [5.41, 5.74) is 5.55. The van der Waals surface area contributed by atoms with Crippen LogP contribution in [0.4, 0.5) is 0 Å². The molecule has 5 atom stereocenters. The summed E-state index contributed by atoms with van der Waals surface area (Å²) in [6, 6.07) is 23.6. The van der Waals surface area contributed by atoms with E-state index in [2.05, 4.69) is 17.1 Å². The van der Waals surface area contributed by atoms with E-state index >= 15 is 0 Å². The second kappa shape index (κ2) is 13.6. The lowest BCUT2D eigenvalue weighted by Crippen LogP contribution is -2.44. The van der Waals surface area contributed by atoms with Gasteiger partial charge in [-0.1, -0.05) is 115 Å². The van der Waals surface area contributed by atoms with Gasteiger partial charge in [-0.05, 0) is 34.2 Å². The van der Waals surface area contributed by atoms with Gasteiger partial charge in [0.25, 0.3) is 9.70 Å². The molecule has 42 heavy (non-hydrogen) atoms. The maximum Gasteiger partial charge on any atom is 0.272 e. The Labute approximate surface area is 261 Å². The lowest BCUT2D eigenvalue weighted by molar-refractivity contribution is -0.276. The van der Waals surface area contributed by atoms with E-state index < -0.39 is 16.0 Å². The van der Waals surface area contributed by atoms with Crippen LogP contribution in [0.15, 0.2) is 72.8 Å². The number of amides is 1. The Morgan fingerprint density at radius 2 is 1.69 bits per heavy atom. The van der Waals surface area contributed by atoms with E-state index in [1.807, 2.05) is 72.8 Å². The van der Waals surface area contributed by atoms with Crippen molar-refractivity contribution in [3.8, 4) is 11.1 Å². The zero-order valence-electron chi connectivity index (χ0n) is 23.3. The zero-order chi connectivity index (χ0) is 29.9. The summed E-state index contributed by atoms with van der Waals surface area (Å²) in [7, 11) is 0. The number of aliphatic hydroxyl groups is 2. The largest absolute Gasteiger partial charge is 0.392 e. The summed E-state index contributed by atoms with van der Waals surface area (Å²) >= 11 is 17.1. The number of benzene rings is 3. The van der Waals surface area contributed by atoms with Crippen LogP contribution in [0.2, 0.25) is 0 Å². The molecule has 7 nitrogen and oxygen atoms in total. The molecular weight excluding hydrogens is 599 g/mol. The third-order valence-corrected chi connectivity index (χ3v) is 8.53. The van der Waals surface area contributed by atoms with E-state index in [0.29, 0.717) is 13.1 Å². The van der Waals surface area contributed by atoms with Gasteiger partial charge in [0, 0.05) is 37.7 Å². The molecule has 1 amide bonds. The van der Waals surface area contributed by atoms with Gasteiger partial charge >= 0.3 is 0 Å². The summed E-state index contributed by atoms with van der Waals surface area (Å²) in [6.07, 6.45) is -0.447. The number of aliphatic hydroxyl groups excluding tert-OH is 2. The van der Waals surface area contributed by atoms with Crippen molar-refractivity contribution in [1.29, 1.82) is 0 Å². The molecule has 0 bridgehead atoms. The number of hydrogen-bond donors (Lipinski definition) is 3.